The number of carboxylic acids is 1. The molecule has 0 fully saturated rings. The molecule has 0 radical (unpaired) electrons. The molecule has 100 valence electrons. The van der Waals surface area contributed by atoms with Crippen molar-refractivity contribution >= 4 is 21.9 Å². The predicted octanol–water partition coefficient (Wildman–Crippen LogP) is 2.66. The van der Waals surface area contributed by atoms with Crippen LogP contribution in [0.3, 0.4) is 0 Å². The first-order chi connectivity index (χ1) is 8.63. The van der Waals surface area contributed by atoms with Gasteiger partial charge in [0.1, 0.15) is 5.75 Å². The highest BCUT2D eigenvalue weighted by atomic mass is 79.9. The third-order valence-electron chi connectivity index (χ3n) is 2.65. The number of hydrogen-bond donors (Lipinski definition) is 2. The summed E-state index contributed by atoms with van der Waals surface area (Å²) in [6.07, 6.45) is 1.84. The van der Waals surface area contributed by atoms with E-state index < -0.39 is 5.97 Å². The van der Waals surface area contributed by atoms with Gasteiger partial charge in [-0.3, -0.25) is 4.79 Å². The molecular formula is C13H18BrNO3. The van der Waals surface area contributed by atoms with Crippen molar-refractivity contribution in [1.82, 2.24) is 0 Å². The molecule has 0 aliphatic heterocycles. The Morgan fingerprint density at radius 1 is 1.33 bits per heavy atom. The van der Waals surface area contributed by atoms with Gasteiger partial charge in [-0.25, -0.2) is 0 Å². The van der Waals surface area contributed by atoms with E-state index in [1.165, 1.54) is 0 Å². The molecule has 0 heterocycles. The molecule has 0 bridgehead atoms. The van der Waals surface area contributed by atoms with Crippen molar-refractivity contribution in [1.29, 1.82) is 0 Å². The molecule has 0 aliphatic carbocycles. The highest BCUT2D eigenvalue weighted by molar-refractivity contribution is 9.10. The summed E-state index contributed by atoms with van der Waals surface area (Å²) >= 11 is 3.34. The molecule has 4 nitrogen and oxygen atoms in total. The van der Waals surface area contributed by atoms with Crippen LogP contribution < -0.4 is 10.5 Å². The lowest BCUT2D eigenvalue weighted by molar-refractivity contribution is -0.142. The number of nitrogens with two attached hydrogens (primary N) is 1. The van der Waals surface area contributed by atoms with Crippen LogP contribution in [-0.4, -0.2) is 24.2 Å². The van der Waals surface area contributed by atoms with Gasteiger partial charge in [0.15, 0.2) is 0 Å². The normalized spacial score (nSPS) is 12.1. The van der Waals surface area contributed by atoms with E-state index in [2.05, 4.69) is 15.9 Å². The van der Waals surface area contributed by atoms with Crippen LogP contribution in [0.4, 0.5) is 0 Å². The highest BCUT2D eigenvalue weighted by Crippen LogP contribution is 2.17. The maximum atomic E-state index is 11.0. The fraction of sp³-hybridized carbons (Fsp3) is 0.462. The van der Waals surface area contributed by atoms with Crippen molar-refractivity contribution in [3.8, 4) is 5.75 Å². The molecule has 0 saturated heterocycles. The number of carboxylic acid groups (broad SMARTS) is 1. The van der Waals surface area contributed by atoms with Crippen molar-refractivity contribution in [2.75, 3.05) is 13.2 Å². The van der Waals surface area contributed by atoms with Gasteiger partial charge in [-0.2, -0.15) is 0 Å². The molecule has 0 spiro atoms. The first-order valence-corrected chi connectivity index (χ1v) is 6.74. The Kier molecular flexibility index (Phi) is 6.75. The van der Waals surface area contributed by atoms with Gasteiger partial charge >= 0.3 is 5.97 Å². The molecule has 0 amide bonds. The molecular weight excluding hydrogens is 298 g/mol. The van der Waals surface area contributed by atoms with Crippen LogP contribution in [0.15, 0.2) is 28.7 Å². The van der Waals surface area contributed by atoms with Gasteiger partial charge in [-0.05, 0) is 50.1 Å². The van der Waals surface area contributed by atoms with Crippen molar-refractivity contribution in [2.45, 2.75) is 19.3 Å². The molecule has 0 aliphatic rings. The average Bonchev–Trinajstić information content (AvgIpc) is 2.35. The summed E-state index contributed by atoms with van der Waals surface area (Å²) in [5.41, 5.74) is 5.38. The Morgan fingerprint density at radius 2 is 2.00 bits per heavy atom. The van der Waals surface area contributed by atoms with Gasteiger partial charge < -0.3 is 15.6 Å². The number of halogens is 1. The lowest BCUT2D eigenvalue weighted by atomic mass is 10.0. The lowest BCUT2D eigenvalue weighted by Gasteiger charge is -2.12. The van der Waals surface area contributed by atoms with Crippen LogP contribution >= 0.6 is 15.9 Å². The van der Waals surface area contributed by atoms with E-state index in [0.29, 0.717) is 26.0 Å². The van der Waals surface area contributed by atoms with Gasteiger partial charge in [-0.15, -0.1) is 0 Å². The second-order valence-electron chi connectivity index (χ2n) is 4.06. The monoisotopic (exact) mass is 315 g/mol. The maximum Gasteiger partial charge on any atom is 0.306 e. The van der Waals surface area contributed by atoms with Crippen molar-refractivity contribution in [3.63, 3.8) is 0 Å². The number of rotatable bonds is 8. The van der Waals surface area contributed by atoms with Crippen LogP contribution in [0.2, 0.25) is 0 Å². The van der Waals surface area contributed by atoms with Crippen molar-refractivity contribution in [3.05, 3.63) is 28.7 Å². The second kappa shape index (κ2) is 8.11. The van der Waals surface area contributed by atoms with E-state index in [1.807, 2.05) is 24.3 Å². The molecule has 3 N–H and O–H groups in total. The summed E-state index contributed by atoms with van der Waals surface area (Å²) in [5.74, 6) is -0.395. The molecule has 0 aromatic heterocycles. The third-order valence-corrected chi connectivity index (χ3v) is 3.18. The molecule has 1 atom stereocenters. The highest BCUT2D eigenvalue weighted by Gasteiger charge is 2.16. The number of hydrogen-bond acceptors (Lipinski definition) is 3. The summed E-state index contributed by atoms with van der Waals surface area (Å²) < 4.78 is 6.49. The number of ether oxygens (including phenoxy) is 1. The van der Waals surface area contributed by atoms with E-state index in [4.69, 9.17) is 15.6 Å². The van der Waals surface area contributed by atoms with Gasteiger partial charge in [0.2, 0.25) is 0 Å². The average molecular weight is 316 g/mol. The van der Waals surface area contributed by atoms with E-state index in [0.717, 1.165) is 16.6 Å². The Morgan fingerprint density at radius 3 is 2.56 bits per heavy atom. The quantitative estimate of drug-likeness (QED) is 0.773. The SMILES string of the molecule is NCCCC(CCOc1ccc(Br)cc1)C(=O)O. The molecule has 1 aromatic rings. The minimum absolute atomic E-state index is 0.371. The van der Waals surface area contributed by atoms with Crippen molar-refractivity contribution < 1.29 is 14.6 Å². The first kappa shape index (κ1) is 15.0. The van der Waals surface area contributed by atoms with Crippen LogP contribution in [0.5, 0.6) is 5.75 Å². The second-order valence-corrected chi connectivity index (χ2v) is 4.97. The number of carbonyl (C=O) groups is 1. The smallest absolute Gasteiger partial charge is 0.306 e. The minimum atomic E-state index is -0.775. The zero-order valence-electron chi connectivity index (χ0n) is 10.1. The topological polar surface area (TPSA) is 72.5 Å². The van der Waals surface area contributed by atoms with Crippen molar-refractivity contribution in [2.24, 2.45) is 11.7 Å². The van der Waals surface area contributed by atoms with Crippen LogP contribution in [0.25, 0.3) is 0 Å². The van der Waals surface area contributed by atoms with Gasteiger partial charge in [0.25, 0.3) is 0 Å². The third kappa shape index (κ3) is 5.51. The Hall–Kier alpha value is -1.07. The first-order valence-electron chi connectivity index (χ1n) is 5.94. The maximum absolute atomic E-state index is 11.0. The van der Waals surface area contributed by atoms with Gasteiger partial charge in [0.05, 0.1) is 12.5 Å². The van der Waals surface area contributed by atoms with Crippen LogP contribution in [0.1, 0.15) is 19.3 Å². The Bertz CT molecular complexity index is 367. The Balaban J connectivity index is 2.34. The fourth-order valence-electron chi connectivity index (χ4n) is 1.61. The fourth-order valence-corrected chi connectivity index (χ4v) is 1.87. The largest absolute Gasteiger partial charge is 0.494 e. The van der Waals surface area contributed by atoms with Gasteiger partial charge in [-0.1, -0.05) is 15.9 Å². The van der Waals surface area contributed by atoms with E-state index in [9.17, 15) is 4.79 Å². The summed E-state index contributed by atoms with van der Waals surface area (Å²) in [7, 11) is 0. The number of aliphatic carboxylic acids is 1. The van der Waals surface area contributed by atoms with E-state index in [1.54, 1.807) is 0 Å². The molecule has 0 saturated carbocycles. The molecule has 1 rings (SSSR count). The lowest BCUT2D eigenvalue weighted by Crippen LogP contribution is -2.18. The van der Waals surface area contributed by atoms with E-state index >= 15 is 0 Å². The molecule has 1 unspecified atom stereocenters. The summed E-state index contributed by atoms with van der Waals surface area (Å²) in [5, 5.41) is 9.03. The zero-order chi connectivity index (χ0) is 13.4. The molecule has 1 aromatic carbocycles. The summed E-state index contributed by atoms with van der Waals surface area (Å²) in [4.78, 5) is 11.0. The minimum Gasteiger partial charge on any atom is -0.494 e. The summed E-state index contributed by atoms with van der Waals surface area (Å²) in [6.45, 7) is 0.931. The van der Waals surface area contributed by atoms with E-state index in [-0.39, 0.29) is 5.92 Å². The van der Waals surface area contributed by atoms with Crippen LogP contribution in [-0.2, 0) is 4.79 Å². The molecule has 5 heteroatoms. The predicted molar refractivity (Wildman–Crippen MR) is 73.7 cm³/mol. The Labute approximate surface area is 115 Å². The zero-order valence-corrected chi connectivity index (χ0v) is 11.7. The van der Waals surface area contributed by atoms with Gasteiger partial charge in [0, 0.05) is 4.47 Å². The standard InChI is InChI=1S/C13H18BrNO3/c14-11-3-5-12(6-4-11)18-9-7-10(13(16)17)2-1-8-15/h3-6,10H,1-2,7-9,15H2,(H,16,17). The summed E-state index contributed by atoms with van der Waals surface area (Å²) in [6, 6.07) is 7.47. The number of benzene rings is 1. The molecule has 18 heavy (non-hydrogen) atoms. The van der Waals surface area contributed by atoms with Crippen LogP contribution in [0, 0.1) is 5.92 Å².